The van der Waals surface area contributed by atoms with Crippen LogP contribution in [0.15, 0.2) is 0 Å². The van der Waals surface area contributed by atoms with Crippen LogP contribution in [0.3, 0.4) is 0 Å². The number of rotatable bonds is 7. The van der Waals surface area contributed by atoms with Gasteiger partial charge < -0.3 is 5.32 Å². The van der Waals surface area contributed by atoms with Gasteiger partial charge in [-0.05, 0) is 58.7 Å². The first-order valence-electron chi connectivity index (χ1n) is 7.67. The molecule has 2 unspecified atom stereocenters. The molecule has 0 aromatic heterocycles. The lowest BCUT2D eigenvalue weighted by atomic mass is 9.84. The number of hydrogen-bond donors (Lipinski definition) is 1. The molecule has 0 saturated carbocycles. The van der Waals surface area contributed by atoms with Crippen molar-refractivity contribution in [2.75, 3.05) is 19.6 Å². The Morgan fingerprint density at radius 3 is 2.24 bits per heavy atom. The lowest BCUT2D eigenvalue weighted by Gasteiger charge is -2.48. The molecule has 1 rings (SSSR count). The summed E-state index contributed by atoms with van der Waals surface area (Å²) in [6.45, 7) is 13.2. The summed E-state index contributed by atoms with van der Waals surface area (Å²) in [4.78, 5) is 2.74. The average molecular weight is 240 g/mol. The van der Waals surface area contributed by atoms with Crippen molar-refractivity contribution < 1.29 is 0 Å². The summed E-state index contributed by atoms with van der Waals surface area (Å²) in [5.41, 5.74) is 0.352. The molecule has 2 heteroatoms. The fourth-order valence-corrected chi connectivity index (χ4v) is 3.22. The van der Waals surface area contributed by atoms with Gasteiger partial charge in [-0.3, -0.25) is 4.90 Å². The summed E-state index contributed by atoms with van der Waals surface area (Å²) >= 11 is 0. The van der Waals surface area contributed by atoms with Crippen molar-refractivity contribution in [3.05, 3.63) is 0 Å². The van der Waals surface area contributed by atoms with Gasteiger partial charge in [0.2, 0.25) is 0 Å². The summed E-state index contributed by atoms with van der Waals surface area (Å²) in [6.07, 6.45) is 7.93. The van der Waals surface area contributed by atoms with Crippen LogP contribution in [0.5, 0.6) is 0 Å². The minimum atomic E-state index is 0.352. The van der Waals surface area contributed by atoms with E-state index in [1.165, 1.54) is 51.6 Å². The van der Waals surface area contributed by atoms with Crippen LogP contribution in [-0.4, -0.2) is 36.1 Å². The van der Waals surface area contributed by atoms with Crippen molar-refractivity contribution >= 4 is 0 Å². The Bertz CT molecular complexity index is 199. The third kappa shape index (κ3) is 3.69. The van der Waals surface area contributed by atoms with Gasteiger partial charge in [0.1, 0.15) is 0 Å². The average Bonchev–Trinajstić information content (AvgIpc) is 2.40. The molecule has 1 aliphatic heterocycles. The van der Waals surface area contributed by atoms with Gasteiger partial charge in [0.25, 0.3) is 0 Å². The molecule has 0 bridgehead atoms. The van der Waals surface area contributed by atoms with Gasteiger partial charge in [-0.2, -0.15) is 0 Å². The molecule has 0 aromatic carbocycles. The molecule has 1 saturated heterocycles. The Balaban J connectivity index is 2.68. The van der Waals surface area contributed by atoms with Gasteiger partial charge in [0.15, 0.2) is 0 Å². The van der Waals surface area contributed by atoms with Crippen molar-refractivity contribution in [1.29, 1.82) is 0 Å². The normalized spacial score (nSPS) is 23.3. The highest BCUT2D eigenvalue weighted by atomic mass is 15.2. The first kappa shape index (κ1) is 15.0. The van der Waals surface area contributed by atoms with E-state index in [1.807, 2.05) is 0 Å². The van der Waals surface area contributed by atoms with Crippen LogP contribution in [0.25, 0.3) is 0 Å². The van der Waals surface area contributed by atoms with Crippen molar-refractivity contribution in [2.24, 2.45) is 0 Å². The predicted molar refractivity (Wildman–Crippen MR) is 76.5 cm³/mol. The molecule has 1 aliphatic rings. The van der Waals surface area contributed by atoms with Gasteiger partial charge >= 0.3 is 0 Å². The third-order valence-electron chi connectivity index (χ3n) is 4.59. The van der Waals surface area contributed by atoms with Crippen molar-refractivity contribution in [2.45, 2.75) is 77.8 Å². The number of hydrogen-bond acceptors (Lipinski definition) is 2. The Labute approximate surface area is 108 Å². The highest BCUT2D eigenvalue weighted by Gasteiger charge is 2.37. The molecule has 0 aliphatic carbocycles. The number of nitrogens with zero attached hydrogens (tertiary/aromatic N) is 1. The Kier molecular flexibility index (Phi) is 6.50. The van der Waals surface area contributed by atoms with Gasteiger partial charge in [0, 0.05) is 11.6 Å². The molecule has 2 nitrogen and oxygen atoms in total. The van der Waals surface area contributed by atoms with Gasteiger partial charge in [-0.25, -0.2) is 0 Å². The smallest absolute Gasteiger partial charge is 0.0331 e. The summed E-state index contributed by atoms with van der Waals surface area (Å²) in [7, 11) is 0. The number of nitrogens with one attached hydrogen (secondary N) is 1. The fraction of sp³-hybridized carbons (Fsp3) is 1.00. The van der Waals surface area contributed by atoms with Crippen LogP contribution >= 0.6 is 0 Å². The highest BCUT2D eigenvalue weighted by Crippen LogP contribution is 2.28. The van der Waals surface area contributed by atoms with E-state index in [0.717, 1.165) is 6.54 Å². The fourth-order valence-electron chi connectivity index (χ4n) is 3.22. The van der Waals surface area contributed by atoms with Crippen LogP contribution in [0.2, 0.25) is 0 Å². The number of likely N-dealkylation sites (tertiary alicyclic amines) is 1. The van der Waals surface area contributed by atoms with Gasteiger partial charge in [0.05, 0.1) is 0 Å². The molecule has 2 atom stereocenters. The Morgan fingerprint density at radius 1 is 1.12 bits per heavy atom. The zero-order valence-electron chi connectivity index (χ0n) is 12.4. The second kappa shape index (κ2) is 7.38. The second-order valence-corrected chi connectivity index (χ2v) is 5.67. The summed E-state index contributed by atoms with van der Waals surface area (Å²) in [6, 6.07) is 0.644. The lowest BCUT2D eigenvalue weighted by molar-refractivity contribution is 0.0417. The SMILES string of the molecule is CCCNC(CC)C(C)(CC)N1CCCCC1. The van der Waals surface area contributed by atoms with Crippen LogP contribution in [0.1, 0.15) is 66.2 Å². The van der Waals surface area contributed by atoms with E-state index in [-0.39, 0.29) is 0 Å². The summed E-state index contributed by atoms with van der Waals surface area (Å²) in [5.74, 6) is 0. The van der Waals surface area contributed by atoms with E-state index in [4.69, 9.17) is 0 Å². The van der Waals surface area contributed by atoms with Gasteiger partial charge in [-0.1, -0.05) is 27.2 Å². The van der Waals surface area contributed by atoms with Gasteiger partial charge in [-0.15, -0.1) is 0 Å². The van der Waals surface area contributed by atoms with Crippen LogP contribution in [0, 0.1) is 0 Å². The maximum absolute atomic E-state index is 3.77. The largest absolute Gasteiger partial charge is 0.312 e. The zero-order chi connectivity index (χ0) is 12.7. The summed E-state index contributed by atoms with van der Waals surface area (Å²) in [5, 5.41) is 3.77. The van der Waals surface area contributed by atoms with E-state index in [9.17, 15) is 0 Å². The van der Waals surface area contributed by atoms with Crippen LogP contribution in [-0.2, 0) is 0 Å². The molecule has 1 fully saturated rings. The first-order valence-corrected chi connectivity index (χ1v) is 7.67. The minimum absolute atomic E-state index is 0.352. The standard InChI is InChI=1S/C15H32N2/c1-5-11-16-14(6-2)15(4,7-3)17-12-9-8-10-13-17/h14,16H,5-13H2,1-4H3. The predicted octanol–water partition coefficient (Wildman–Crippen LogP) is 3.42. The van der Waals surface area contributed by atoms with E-state index < -0.39 is 0 Å². The highest BCUT2D eigenvalue weighted by molar-refractivity contribution is 4.96. The maximum Gasteiger partial charge on any atom is 0.0331 e. The first-order chi connectivity index (χ1) is 8.19. The molecule has 1 N–H and O–H groups in total. The quantitative estimate of drug-likeness (QED) is 0.733. The summed E-state index contributed by atoms with van der Waals surface area (Å²) < 4.78 is 0. The maximum atomic E-state index is 3.77. The molecule has 0 aromatic rings. The Hall–Kier alpha value is -0.0800. The zero-order valence-corrected chi connectivity index (χ0v) is 12.4. The topological polar surface area (TPSA) is 15.3 Å². The molecule has 1 heterocycles. The monoisotopic (exact) mass is 240 g/mol. The second-order valence-electron chi connectivity index (χ2n) is 5.67. The molecular weight excluding hydrogens is 208 g/mol. The molecule has 102 valence electrons. The van der Waals surface area contributed by atoms with E-state index >= 15 is 0 Å². The van der Waals surface area contributed by atoms with E-state index in [0.29, 0.717) is 11.6 Å². The number of piperidine rings is 1. The minimum Gasteiger partial charge on any atom is -0.312 e. The van der Waals surface area contributed by atoms with Crippen LogP contribution in [0.4, 0.5) is 0 Å². The Morgan fingerprint density at radius 2 is 1.76 bits per heavy atom. The molecule has 0 amide bonds. The van der Waals surface area contributed by atoms with Crippen molar-refractivity contribution in [1.82, 2.24) is 10.2 Å². The molecule has 17 heavy (non-hydrogen) atoms. The van der Waals surface area contributed by atoms with Crippen LogP contribution < -0.4 is 5.32 Å². The molecular formula is C15H32N2. The van der Waals surface area contributed by atoms with Crippen molar-refractivity contribution in [3.8, 4) is 0 Å². The molecule has 0 radical (unpaired) electrons. The lowest BCUT2D eigenvalue weighted by Crippen LogP contribution is -2.60. The van der Waals surface area contributed by atoms with Crippen molar-refractivity contribution in [3.63, 3.8) is 0 Å². The van der Waals surface area contributed by atoms with E-state index in [1.54, 1.807) is 0 Å². The molecule has 0 spiro atoms. The van der Waals surface area contributed by atoms with E-state index in [2.05, 4.69) is 37.9 Å². The third-order valence-corrected chi connectivity index (χ3v) is 4.59.